The zero-order chi connectivity index (χ0) is 12.0. The van der Waals surface area contributed by atoms with Crippen molar-refractivity contribution in [3.63, 3.8) is 0 Å². The minimum atomic E-state index is -3.48. The molecule has 0 saturated heterocycles. The van der Waals surface area contributed by atoms with Crippen LogP contribution in [-0.4, -0.2) is 13.2 Å². The van der Waals surface area contributed by atoms with Crippen LogP contribution in [0.5, 0.6) is 0 Å². The van der Waals surface area contributed by atoms with Gasteiger partial charge in [-0.15, -0.1) is 0 Å². The summed E-state index contributed by atoms with van der Waals surface area (Å²) in [6.45, 7) is 3.81. The van der Waals surface area contributed by atoms with Gasteiger partial charge in [0.25, 0.3) is 0 Å². The second-order valence-corrected chi connectivity index (χ2v) is 6.62. The molecule has 0 aliphatic heterocycles. The SMILES string of the molecule is Cc1ccc(S(=O)(=O)C2(C#N)CC2)cc1C. The molecule has 0 radical (unpaired) electrons. The first-order valence-electron chi connectivity index (χ1n) is 5.16. The highest BCUT2D eigenvalue weighted by Crippen LogP contribution is 2.46. The number of hydrogen-bond donors (Lipinski definition) is 0. The summed E-state index contributed by atoms with van der Waals surface area (Å²) >= 11 is 0. The summed E-state index contributed by atoms with van der Waals surface area (Å²) in [5, 5.41) is 8.95. The fourth-order valence-corrected chi connectivity index (χ4v) is 3.45. The Balaban J connectivity index is 2.54. The molecule has 0 heterocycles. The van der Waals surface area contributed by atoms with Gasteiger partial charge in [0.15, 0.2) is 14.6 Å². The third kappa shape index (κ3) is 1.43. The summed E-state index contributed by atoms with van der Waals surface area (Å²) in [7, 11) is -3.48. The van der Waals surface area contributed by atoms with E-state index in [1.54, 1.807) is 18.2 Å². The molecule has 1 saturated carbocycles. The standard InChI is InChI=1S/C12H13NO2S/c1-9-3-4-11(7-10(9)2)16(14,15)12(8-13)5-6-12/h3-4,7H,5-6H2,1-2H3. The molecular formula is C12H13NO2S. The van der Waals surface area contributed by atoms with Crippen LogP contribution in [0.4, 0.5) is 0 Å². The zero-order valence-electron chi connectivity index (χ0n) is 9.32. The van der Waals surface area contributed by atoms with Crippen LogP contribution < -0.4 is 0 Å². The van der Waals surface area contributed by atoms with Gasteiger partial charge >= 0.3 is 0 Å². The van der Waals surface area contributed by atoms with Crippen LogP contribution in [-0.2, 0) is 9.84 Å². The van der Waals surface area contributed by atoms with Gasteiger partial charge < -0.3 is 0 Å². The number of rotatable bonds is 2. The Bertz CT molecular complexity index is 578. The van der Waals surface area contributed by atoms with Crippen molar-refractivity contribution in [2.24, 2.45) is 0 Å². The van der Waals surface area contributed by atoms with Crippen LogP contribution in [0.2, 0.25) is 0 Å². The lowest BCUT2D eigenvalue weighted by molar-refractivity contribution is 0.588. The van der Waals surface area contributed by atoms with Gasteiger partial charge in [-0.2, -0.15) is 5.26 Å². The van der Waals surface area contributed by atoms with Crippen LogP contribution in [0, 0.1) is 25.2 Å². The summed E-state index contributed by atoms with van der Waals surface area (Å²) in [5.41, 5.74) is 2.00. The molecule has 1 aromatic carbocycles. The zero-order valence-corrected chi connectivity index (χ0v) is 10.1. The predicted octanol–water partition coefficient (Wildman–Crippen LogP) is 2.13. The molecule has 1 aliphatic carbocycles. The van der Waals surface area contributed by atoms with Gasteiger partial charge in [-0.1, -0.05) is 6.07 Å². The summed E-state index contributed by atoms with van der Waals surface area (Å²) < 4.78 is 23.2. The van der Waals surface area contributed by atoms with Gasteiger partial charge in [-0.3, -0.25) is 0 Å². The van der Waals surface area contributed by atoms with Gasteiger partial charge in [0, 0.05) is 0 Å². The quantitative estimate of drug-likeness (QED) is 0.789. The van der Waals surface area contributed by atoms with Crippen molar-refractivity contribution >= 4 is 9.84 Å². The Hall–Kier alpha value is -1.34. The summed E-state index contributed by atoms with van der Waals surface area (Å²) in [4.78, 5) is 0.273. The fraction of sp³-hybridized carbons (Fsp3) is 0.417. The minimum Gasteiger partial charge on any atom is -0.222 e. The van der Waals surface area contributed by atoms with Crippen LogP contribution in [0.25, 0.3) is 0 Å². The number of nitriles is 1. The number of aryl methyl sites for hydroxylation is 2. The molecule has 4 heteroatoms. The van der Waals surface area contributed by atoms with Crippen molar-refractivity contribution in [2.45, 2.75) is 36.3 Å². The average molecular weight is 235 g/mol. The number of nitrogens with zero attached hydrogens (tertiary/aromatic N) is 1. The van der Waals surface area contributed by atoms with Crippen LogP contribution in [0.3, 0.4) is 0 Å². The topological polar surface area (TPSA) is 57.9 Å². The van der Waals surface area contributed by atoms with Crippen molar-refractivity contribution in [3.05, 3.63) is 29.3 Å². The van der Waals surface area contributed by atoms with Crippen LogP contribution >= 0.6 is 0 Å². The Morgan fingerprint density at radius 2 is 1.88 bits per heavy atom. The van der Waals surface area contributed by atoms with E-state index in [0.717, 1.165) is 11.1 Å². The Morgan fingerprint density at radius 3 is 2.31 bits per heavy atom. The van der Waals surface area contributed by atoms with Crippen molar-refractivity contribution in [1.82, 2.24) is 0 Å². The summed E-state index contributed by atoms with van der Waals surface area (Å²) in [6, 6.07) is 6.97. The van der Waals surface area contributed by atoms with E-state index in [2.05, 4.69) is 0 Å². The maximum atomic E-state index is 12.2. The molecule has 0 aromatic heterocycles. The molecule has 0 N–H and O–H groups in total. The predicted molar refractivity (Wildman–Crippen MR) is 60.7 cm³/mol. The molecule has 84 valence electrons. The Morgan fingerprint density at radius 1 is 1.25 bits per heavy atom. The molecule has 1 aliphatic rings. The van der Waals surface area contributed by atoms with Crippen LogP contribution in [0.15, 0.2) is 23.1 Å². The Kier molecular flexibility index (Phi) is 2.32. The lowest BCUT2D eigenvalue weighted by atomic mass is 10.1. The molecule has 0 unspecified atom stereocenters. The van der Waals surface area contributed by atoms with Gasteiger partial charge in [0.1, 0.15) is 0 Å². The first-order chi connectivity index (χ1) is 7.43. The highest BCUT2D eigenvalue weighted by atomic mass is 32.2. The highest BCUT2D eigenvalue weighted by Gasteiger charge is 2.55. The molecule has 0 atom stereocenters. The fourth-order valence-electron chi connectivity index (χ4n) is 1.66. The first-order valence-corrected chi connectivity index (χ1v) is 6.64. The second-order valence-electron chi connectivity index (χ2n) is 4.36. The molecule has 0 bridgehead atoms. The largest absolute Gasteiger partial charge is 0.222 e. The third-order valence-electron chi connectivity index (χ3n) is 3.21. The number of sulfone groups is 1. The lowest BCUT2D eigenvalue weighted by Crippen LogP contribution is -2.21. The van der Waals surface area contributed by atoms with E-state index >= 15 is 0 Å². The smallest absolute Gasteiger partial charge is 0.197 e. The van der Waals surface area contributed by atoms with Gasteiger partial charge in [-0.25, -0.2) is 8.42 Å². The van der Waals surface area contributed by atoms with Crippen molar-refractivity contribution < 1.29 is 8.42 Å². The van der Waals surface area contributed by atoms with E-state index in [0.29, 0.717) is 12.8 Å². The molecule has 1 aromatic rings. The molecule has 0 spiro atoms. The normalized spacial score (nSPS) is 17.8. The number of hydrogen-bond acceptors (Lipinski definition) is 3. The highest BCUT2D eigenvalue weighted by molar-refractivity contribution is 7.93. The van der Waals surface area contributed by atoms with E-state index < -0.39 is 14.6 Å². The second kappa shape index (κ2) is 3.33. The van der Waals surface area contributed by atoms with Crippen molar-refractivity contribution in [3.8, 4) is 6.07 Å². The molecular weight excluding hydrogens is 222 g/mol. The van der Waals surface area contributed by atoms with E-state index in [-0.39, 0.29) is 4.90 Å². The minimum absolute atomic E-state index is 0.273. The number of benzene rings is 1. The Labute approximate surface area is 95.6 Å². The molecule has 3 nitrogen and oxygen atoms in total. The van der Waals surface area contributed by atoms with Gasteiger partial charge in [-0.05, 0) is 49.9 Å². The maximum absolute atomic E-state index is 12.2. The monoisotopic (exact) mass is 235 g/mol. The summed E-state index contributed by atoms with van der Waals surface area (Å²) in [6.07, 6.45) is 0.914. The maximum Gasteiger partial charge on any atom is 0.197 e. The van der Waals surface area contributed by atoms with Crippen LogP contribution in [0.1, 0.15) is 24.0 Å². The first kappa shape index (κ1) is 11.2. The molecule has 16 heavy (non-hydrogen) atoms. The molecule has 2 rings (SSSR count). The van der Waals surface area contributed by atoms with Crippen molar-refractivity contribution in [1.29, 1.82) is 5.26 Å². The average Bonchev–Trinajstić information content (AvgIpc) is 3.02. The third-order valence-corrected chi connectivity index (χ3v) is 5.61. The van der Waals surface area contributed by atoms with Crippen molar-refractivity contribution in [2.75, 3.05) is 0 Å². The molecule has 1 fully saturated rings. The summed E-state index contributed by atoms with van der Waals surface area (Å²) in [5.74, 6) is 0. The van der Waals surface area contributed by atoms with E-state index in [4.69, 9.17) is 5.26 Å². The lowest BCUT2D eigenvalue weighted by Gasteiger charge is -2.10. The van der Waals surface area contributed by atoms with Gasteiger partial charge in [0.05, 0.1) is 11.0 Å². The van der Waals surface area contributed by atoms with E-state index in [1.165, 1.54) is 0 Å². The molecule has 0 amide bonds. The van der Waals surface area contributed by atoms with Gasteiger partial charge in [0.2, 0.25) is 0 Å². The van der Waals surface area contributed by atoms with E-state index in [9.17, 15) is 8.42 Å². The van der Waals surface area contributed by atoms with E-state index in [1.807, 2.05) is 19.9 Å².